The zero-order valence-corrected chi connectivity index (χ0v) is 15.3. The largest absolute Gasteiger partial charge is 0.459 e. The second kappa shape index (κ2) is 8.90. The average molecular weight is 387 g/mol. The van der Waals surface area contributed by atoms with Crippen LogP contribution >= 0.6 is 0 Å². The Morgan fingerprint density at radius 3 is 2.75 bits per heavy atom. The fraction of sp³-hybridized carbons (Fsp3) is 0.263. The monoisotopic (exact) mass is 387 g/mol. The maximum Gasteiger partial charge on any atom is 0.282 e. The van der Waals surface area contributed by atoms with Crippen LogP contribution in [0.2, 0.25) is 0 Å². The first-order chi connectivity index (χ1) is 13.2. The second-order valence-electron chi connectivity index (χ2n) is 6.29. The second-order valence-corrected chi connectivity index (χ2v) is 6.29. The number of anilines is 1. The molecule has 0 saturated heterocycles. The minimum Gasteiger partial charge on any atom is -0.459 e. The first kappa shape index (κ1) is 20.8. The van der Waals surface area contributed by atoms with Gasteiger partial charge in [0.25, 0.3) is 18.4 Å². The van der Waals surface area contributed by atoms with Gasteiger partial charge in [-0.15, -0.1) is 0 Å². The van der Waals surface area contributed by atoms with Gasteiger partial charge in [0.05, 0.1) is 11.1 Å². The lowest BCUT2D eigenvalue weighted by molar-refractivity contribution is 0.0746. The number of alkyl halides is 2. The Morgan fingerprint density at radius 2 is 2.14 bits per heavy atom. The number of halogens is 2. The normalized spacial score (nSPS) is 11.8. The van der Waals surface area contributed by atoms with E-state index >= 15 is 0 Å². The molecule has 2 rings (SSSR count). The Balaban J connectivity index is 2.15. The van der Waals surface area contributed by atoms with Crippen molar-refractivity contribution in [1.29, 1.82) is 5.26 Å². The van der Waals surface area contributed by atoms with E-state index in [0.717, 1.165) is 0 Å². The summed E-state index contributed by atoms with van der Waals surface area (Å²) in [6.07, 6.45) is -1.34. The first-order valence-corrected chi connectivity index (χ1v) is 8.25. The SMILES string of the molecule is CC(C)(N=C(N)OCC(F)F)c1cccc(NC(=O)c2ccc(C#N)cn2)c1. The summed E-state index contributed by atoms with van der Waals surface area (Å²) in [5.41, 5.74) is 6.36. The molecule has 3 N–H and O–H groups in total. The van der Waals surface area contributed by atoms with E-state index in [2.05, 4.69) is 15.3 Å². The predicted molar refractivity (Wildman–Crippen MR) is 100.0 cm³/mol. The highest BCUT2D eigenvalue weighted by atomic mass is 19.3. The zero-order chi connectivity index (χ0) is 20.7. The number of pyridine rings is 1. The van der Waals surface area contributed by atoms with Crippen molar-refractivity contribution in [3.05, 3.63) is 59.4 Å². The van der Waals surface area contributed by atoms with Crippen LogP contribution in [0, 0.1) is 11.3 Å². The molecule has 0 fully saturated rings. The lowest BCUT2D eigenvalue weighted by atomic mass is 9.95. The molecule has 0 aliphatic heterocycles. The van der Waals surface area contributed by atoms with Crippen LogP contribution in [0.5, 0.6) is 0 Å². The van der Waals surface area contributed by atoms with Gasteiger partial charge in [0.15, 0.2) is 6.61 Å². The smallest absolute Gasteiger partial charge is 0.282 e. The van der Waals surface area contributed by atoms with Gasteiger partial charge < -0.3 is 15.8 Å². The topological polar surface area (TPSA) is 113 Å². The number of nitriles is 1. The molecule has 1 aromatic heterocycles. The maximum absolute atomic E-state index is 12.3. The summed E-state index contributed by atoms with van der Waals surface area (Å²) in [6, 6.07) is 11.4. The Morgan fingerprint density at radius 1 is 1.39 bits per heavy atom. The predicted octanol–water partition coefficient (Wildman–Crippen LogP) is 3.04. The summed E-state index contributed by atoms with van der Waals surface area (Å²) in [6.45, 7) is 2.63. The van der Waals surface area contributed by atoms with Crippen LogP contribution in [0.25, 0.3) is 0 Å². The van der Waals surface area contributed by atoms with Gasteiger partial charge >= 0.3 is 0 Å². The number of carbonyl (C=O) groups excluding carboxylic acids is 1. The van der Waals surface area contributed by atoms with E-state index in [9.17, 15) is 13.6 Å². The number of hydrogen-bond donors (Lipinski definition) is 2. The van der Waals surface area contributed by atoms with E-state index in [-0.39, 0.29) is 11.7 Å². The molecule has 0 unspecified atom stereocenters. The molecule has 9 heteroatoms. The first-order valence-electron chi connectivity index (χ1n) is 8.25. The summed E-state index contributed by atoms with van der Waals surface area (Å²) in [4.78, 5) is 20.4. The van der Waals surface area contributed by atoms with Crippen LogP contribution in [0.3, 0.4) is 0 Å². The summed E-state index contributed by atoms with van der Waals surface area (Å²) in [5, 5.41) is 11.5. The molecule has 2 aromatic rings. The lowest BCUT2D eigenvalue weighted by Crippen LogP contribution is -2.26. The molecular formula is C19H19F2N5O2. The van der Waals surface area contributed by atoms with Gasteiger partial charge in [-0.3, -0.25) is 4.79 Å². The third-order valence-corrected chi connectivity index (χ3v) is 3.70. The van der Waals surface area contributed by atoms with Crippen molar-refractivity contribution in [3.8, 4) is 6.07 Å². The molecule has 1 amide bonds. The molecule has 146 valence electrons. The van der Waals surface area contributed by atoms with E-state index < -0.39 is 24.5 Å². The van der Waals surface area contributed by atoms with Crippen molar-refractivity contribution in [2.24, 2.45) is 10.7 Å². The summed E-state index contributed by atoms with van der Waals surface area (Å²) in [7, 11) is 0. The summed E-state index contributed by atoms with van der Waals surface area (Å²) in [5.74, 6) is -0.442. The van der Waals surface area contributed by atoms with Gasteiger partial charge in [-0.1, -0.05) is 12.1 Å². The zero-order valence-electron chi connectivity index (χ0n) is 15.3. The number of aromatic nitrogens is 1. The molecule has 0 aliphatic rings. The van der Waals surface area contributed by atoms with Crippen molar-refractivity contribution >= 4 is 17.6 Å². The number of rotatable bonds is 6. The van der Waals surface area contributed by atoms with Gasteiger partial charge in [-0.05, 0) is 43.7 Å². The maximum atomic E-state index is 12.3. The van der Waals surface area contributed by atoms with E-state index in [1.807, 2.05) is 6.07 Å². The number of carbonyl (C=O) groups is 1. The Kier molecular flexibility index (Phi) is 6.60. The minimum absolute atomic E-state index is 0.159. The van der Waals surface area contributed by atoms with Crippen LogP contribution in [0.4, 0.5) is 14.5 Å². The van der Waals surface area contributed by atoms with Gasteiger partial charge in [-0.2, -0.15) is 5.26 Å². The fourth-order valence-electron chi connectivity index (χ4n) is 2.29. The number of nitrogens with two attached hydrogens (primary N) is 1. The molecule has 0 atom stereocenters. The third kappa shape index (κ3) is 5.74. The Bertz CT molecular complexity index is 905. The number of amides is 1. The molecule has 28 heavy (non-hydrogen) atoms. The molecule has 0 spiro atoms. The van der Waals surface area contributed by atoms with E-state index in [4.69, 9.17) is 15.7 Å². The Labute approximate surface area is 160 Å². The minimum atomic E-state index is -2.65. The van der Waals surface area contributed by atoms with Crippen LogP contribution in [0.15, 0.2) is 47.6 Å². The average Bonchev–Trinajstić information content (AvgIpc) is 2.66. The van der Waals surface area contributed by atoms with Crippen molar-refractivity contribution in [2.45, 2.75) is 25.8 Å². The van der Waals surface area contributed by atoms with Crippen LogP contribution in [-0.2, 0) is 10.3 Å². The number of nitrogens with one attached hydrogen (secondary N) is 1. The summed E-state index contributed by atoms with van der Waals surface area (Å²) >= 11 is 0. The van der Waals surface area contributed by atoms with Gasteiger partial charge in [-0.25, -0.2) is 18.8 Å². The quantitative estimate of drug-likeness (QED) is 0.584. The Hall–Kier alpha value is -3.54. The van der Waals surface area contributed by atoms with Gasteiger partial charge in [0.2, 0.25) is 0 Å². The van der Waals surface area contributed by atoms with Gasteiger partial charge in [0, 0.05) is 11.9 Å². The molecule has 1 heterocycles. The third-order valence-electron chi connectivity index (χ3n) is 3.70. The van der Waals surface area contributed by atoms with E-state index in [1.54, 1.807) is 38.1 Å². The van der Waals surface area contributed by atoms with Crippen LogP contribution in [0.1, 0.15) is 35.5 Å². The number of ether oxygens (including phenoxy) is 1. The van der Waals surface area contributed by atoms with Crippen molar-refractivity contribution < 1.29 is 18.3 Å². The van der Waals surface area contributed by atoms with Crippen molar-refractivity contribution in [1.82, 2.24) is 4.98 Å². The number of amidine groups is 1. The standard InChI is InChI=1S/C19H19F2N5O2/c1-19(2,26-18(23)28-11-16(20)21)13-4-3-5-14(8-13)25-17(27)15-7-6-12(9-22)10-24-15/h3-8,10,16H,11H2,1-2H3,(H2,23,26)(H,25,27). The van der Waals surface area contributed by atoms with Crippen molar-refractivity contribution in [3.63, 3.8) is 0 Å². The van der Waals surface area contributed by atoms with Gasteiger partial charge in [0.1, 0.15) is 11.8 Å². The summed E-state index contributed by atoms with van der Waals surface area (Å²) < 4.78 is 29.1. The van der Waals surface area contributed by atoms with Crippen LogP contribution < -0.4 is 11.1 Å². The molecule has 0 radical (unpaired) electrons. The molecule has 1 aromatic carbocycles. The molecule has 0 bridgehead atoms. The van der Waals surface area contributed by atoms with E-state index in [1.165, 1.54) is 18.3 Å². The highest BCUT2D eigenvalue weighted by Gasteiger charge is 2.21. The molecule has 7 nitrogen and oxygen atoms in total. The fourth-order valence-corrected chi connectivity index (χ4v) is 2.29. The molecular weight excluding hydrogens is 368 g/mol. The molecule has 0 aliphatic carbocycles. The van der Waals surface area contributed by atoms with E-state index in [0.29, 0.717) is 16.8 Å². The van der Waals surface area contributed by atoms with Crippen LogP contribution in [-0.4, -0.2) is 29.9 Å². The number of hydrogen-bond acceptors (Lipinski definition) is 5. The lowest BCUT2D eigenvalue weighted by Gasteiger charge is -2.22. The molecule has 0 saturated carbocycles. The number of aliphatic imine (C=N–C) groups is 1. The highest BCUT2D eigenvalue weighted by molar-refractivity contribution is 6.02. The highest BCUT2D eigenvalue weighted by Crippen LogP contribution is 2.27. The number of benzene rings is 1. The number of nitrogens with zero attached hydrogens (tertiary/aromatic N) is 3. The van der Waals surface area contributed by atoms with Crippen molar-refractivity contribution in [2.75, 3.05) is 11.9 Å².